The van der Waals surface area contributed by atoms with E-state index in [0.717, 1.165) is 34.2 Å². The van der Waals surface area contributed by atoms with Crippen LogP contribution in [-0.4, -0.2) is 36.6 Å². The topological polar surface area (TPSA) is 88.0 Å². The van der Waals surface area contributed by atoms with Crippen LogP contribution in [0.4, 0.5) is 0 Å². The van der Waals surface area contributed by atoms with E-state index >= 15 is 0 Å². The predicted molar refractivity (Wildman–Crippen MR) is 172 cm³/mol. The van der Waals surface area contributed by atoms with E-state index in [1.165, 1.54) is 0 Å². The van der Waals surface area contributed by atoms with Gasteiger partial charge in [-0.05, 0) is 79.7 Å². The summed E-state index contributed by atoms with van der Waals surface area (Å²) in [5.41, 5.74) is 4.41. The van der Waals surface area contributed by atoms with Crippen molar-refractivity contribution in [2.75, 3.05) is 6.54 Å². The first kappa shape index (κ1) is 33.5. The lowest BCUT2D eigenvalue weighted by Crippen LogP contribution is -2.47. The Labute approximate surface area is 253 Å². The smallest absolute Gasteiger partial charge is 0.310 e. The molecule has 2 atom stereocenters. The molecule has 0 aliphatic rings. The lowest BCUT2D eigenvalue weighted by atomic mass is 9.91. The molecule has 3 rings (SSSR count). The van der Waals surface area contributed by atoms with Crippen LogP contribution < -0.4 is 10.1 Å². The number of ether oxygens (including phenoxy) is 1. The number of hydrogen-bond acceptors (Lipinski definition) is 5. The summed E-state index contributed by atoms with van der Waals surface area (Å²) >= 11 is 0. The highest BCUT2D eigenvalue weighted by atomic mass is 28.4. The molecule has 0 radical (unpaired) electrons. The number of carboxylic acid groups (broad SMARTS) is 1. The van der Waals surface area contributed by atoms with E-state index in [1.54, 1.807) is 6.92 Å². The Balaban J connectivity index is 1.82. The largest absolute Gasteiger partial charge is 0.489 e. The van der Waals surface area contributed by atoms with E-state index in [1.807, 2.05) is 72.8 Å². The zero-order valence-electron chi connectivity index (χ0n) is 26.5. The summed E-state index contributed by atoms with van der Waals surface area (Å²) in [7, 11) is -2.14. The number of rotatable bonds is 14. The highest BCUT2D eigenvalue weighted by molar-refractivity contribution is 6.74. The molecule has 0 aromatic heterocycles. The molecule has 0 amide bonds. The van der Waals surface area contributed by atoms with Crippen molar-refractivity contribution in [1.29, 1.82) is 0 Å². The lowest BCUT2D eigenvalue weighted by molar-refractivity contribution is -0.138. The van der Waals surface area contributed by atoms with Crippen LogP contribution >= 0.6 is 0 Å². The zero-order valence-corrected chi connectivity index (χ0v) is 27.5. The standard InChI is InChI=1S/C35H49NO5Si/c1-25(33(38)39)28-16-12-15-27(19-28)21-35(5,6)36-22-32(41-42(7,8)34(2,3)4)29-17-18-31(30(20-29)23-37)40-24-26-13-10-9-11-14-26/h9-20,25,32,36-37H,21-24H2,1-8H3,(H,38,39)/t25?,32-/m1/s1. The fourth-order valence-corrected chi connectivity index (χ4v) is 5.90. The number of benzene rings is 3. The van der Waals surface area contributed by atoms with Crippen molar-refractivity contribution in [1.82, 2.24) is 5.32 Å². The van der Waals surface area contributed by atoms with Crippen LogP contribution in [0.3, 0.4) is 0 Å². The van der Waals surface area contributed by atoms with E-state index < -0.39 is 20.2 Å². The maximum Gasteiger partial charge on any atom is 0.310 e. The van der Waals surface area contributed by atoms with Gasteiger partial charge in [0.2, 0.25) is 0 Å². The lowest BCUT2D eigenvalue weighted by Gasteiger charge is -2.40. The van der Waals surface area contributed by atoms with Gasteiger partial charge in [0.25, 0.3) is 0 Å². The molecule has 0 saturated heterocycles. The molecule has 0 saturated carbocycles. The summed E-state index contributed by atoms with van der Waals surface area (Å²) in [4.78, 5) is 11.5. The van der Waals surface area contributed by atoms with Crippen LogP contribution in [0.15, 0.2) is 72.8 Å². The maximum absolute atomic E-state index is 11.5. The second kappa shape index (κ2) is 14.0. The highest BCUT2D eigenvalue weighted by Crippen LogP contribution is 2.40. The van der Waals surface area contributed by atoms with Crippen molar-refractivity contribution >= 4 is 14.3 Å². The zero-order chi connectivity index (χ0) is 31.1. The molecular formula is C35H49NO5Si. The molecule has 7 heteroatoms. The van der Waals surface area contributed by atoms with Crippen LogP contribution in [0.1, 0.15) is 81.4 Å². The average molecular weight is 592 g/mol. The number of carbonyl (C=O) groups is 1. The van der Waals surface area contributed by atoms with E-state index in [2.05, 4.69) is 53.0 Å². The van der Waals surface area contributed by atoms with E-state index in [0.29, 0.717) is 18.9 Å². The summed E-state index contributed by atoms with van der Waals surface area (Å²) in [5, 5.41) is 23.5. The van der Waals surface area contributed by atoms with Crippen molar-refractivity contribution in [2.45, 2.75) is 96.9 Å². The minimum atomic E-state index is -2.14. The molecule has 0 fully saturated rings. The summed E-state index contributed by atoms with van der Waals surface area (Å²) in [6.45, 7) is 18.1. The second-order valence-corrected chi connectivity index (χ2v) is 18.2. The molecule has 3 N–H and O–H groups in total. The molecule has 0 bridgehead atoms. The molecular weight excluding hydrogens is 542 g/mol. The van der Waals surface area contributed by atoms with Gasteiger partial charge in [-0.1, -0.05) is 81.4 Å². The molecule has 1 unspecified atom stereocenters. The quantitative estimate of drug-likeness (QED) is 0.167. The van der Waals surface area contributed by atoms with Gasteiger partial charge >= 0.3 is 5.97 Å². The van der Waals surface area contributed by atoms with Gasteiger partial charge in [0.05, 0.1) is 18.6 Å². The third-order valence-corrected chi connectivity index (χ3v) is 12.8. The average Bonchev–Trinajstić information content (AvgIpc) is 2.93. The number of aliphatic carboxylic acids is 1. The summed E-state index contributed by atoms with van der Waals surface area (Å²) in [6.07, 6.45) is 0.505. The van der Waals surface area contributed by atoms with Crippen molar-refractivity contribution in [3.8, 4) is 5.75 Å². The van der Waals surface area contributed by atoms with E-state index in [9.17, 15) is 15.0 Å². The molecule has 0 heterocycles. The fourth-order valence-electron chi connectivity index (χ4n) is 4.62. The monoisotopic (exact) mass is 591 g/mol. The Morgan fingerprint density at radius 1 is 0.905 bits per heavy atom. The van der Waals surface area contributed by atoms with Gasteiger partial charge < -0.3 is 24.7 Å². The van der Waals surface area contributed by atoms with Crippen molar-refractivity contribution in [2.24, 2.45) is 0 Å². The SMILES string of the molecule is CC(C(=O)O)c1cccc(CC(C)(C)NC[C@@H](O[Si](C)(C)C(C)(C)C)c2ccc(OCc3ccccc3)c(CO)c2)c1. The van der Waals surface area contributed by atoms with Gasteiger partial charge in [-0.3, -0.25) is 4.79 Å². The van der Waals surface area contributed by atoms with Crippen LogP contribution in [0.2, 0.25) is 18.1 Å². The predicted octanol–water partition coefficient (Wildman–Crippen LogP) is 7.62. The molecule has 42 heavy (non-hydrogen) atoms. The normalized spacial score (nSPS) is 13.9. The first-order valence-electron chi connectivity index (χ1n) is 14.8. The van der Waals surface area contributed by atoms with Crippen LogP contribution in [0.25, 0.3) is 0 Å². The maximum atomic E-state index is 11.5. The first-order chi connectivity index (χ1) is 19.6. The van der Waals surface area contributed by atoms with Gasteiger partial charge in [-0.25, -0.2) is 0 Å². The molecule has 6 nitrogen and oxygen atoms in total. The van der Waals surface area contributed by atoms with Crippen LogP contribution in [0.5, 0.6) is 5.75 Å². The van der Waals surface area contributed by atoms with Gasteiger partial charge in [-0.15, -0.1) is 0 Å². The van der Waals surface area contributed by atoms with Crippen molar-refractivity contribution < 1.29 is 24.2 Å². The van der Waals surface area contributed by atoms with Gasteiger partial charge in [0.1, 0.15) is 12.4 Å². The third kappa shape index (κ3) is 9.26. The Morgan fingerprint density at radius 3 is 2.19 bits per heavy atom. The van der Waals surface area contributed by atoms with Gasteiger partial charge in [0, 0.05) is 17.6 Å². The number of aliphatic hydroxyl groups is 1. The first-order valence-corrected chi connectivity index (χ1v) is 17.7. The minimum absolute atomic E-state index is 0.0284. The number of aliphatic hydroxyl groups excluding tert-OH is 1. The number of nitrogens with one attached hydrogen (secondary N) is 1. The third-order valence-electron chi connectivity index (χ3n) is 8.34. The van der Waals surface area contributed by atoms with Crippen LogP contribution in [0, 0.1) is 0 Å². The van der Waals surface area contributed by atoms with Crippen LogP contribution in [-0.2, 0) is 28.9 Å². The molecule has 228 valence electrons. The van der Waals surface area contributed by atoms with Crippen molar-refractivity contribution in [3.63, 3.8) is 0 Å². The molecule has 3 aromatic carbocycles. The molecule has 3 aromatic rings. The van der Waals surface area contributed by atoms with E-state index in [4.69, 9.17) is 9.16 Å². The van der Waals surface area contributed by atoms with Gasteiger partial charge in [0.15, 0.2) is 8.32 Å². The Morgan fingerprint density at radius 2 is 1.57 bits per heavy atom. The Kier molecular flexibility index (Phi) is 11.2. The summed E-state index contributed by atoms with van der Waals surface area (Å²) in [6, 6.07) is 23.8. The van der Waals surface area contributed by atoms with Crippen molar-refractivity contribution in [3.05, 3.63) is 101 Å². The molecule has 0 aliphatic carbocycles. The summed E-state index contributed by atoms with van der Waals surface area (Å²) < 4.78 is 13.0. The number of carboxylic acids is 1. The fraction of sp³-hybridized carbons (Fsp3) is 0.457. The molecule has 0 spiro atoms. The summed E-state index contributed by atoms with van der Waals surface area (Å²) in [5.74, 6) is -0.711. The van der Waals surface area contributed by atoms with Gasteiger partial charge in [-0.2, -0.15) is 0 Å². The second-order valence-electron chi connectivity index (χ2n) is 13.4. The minimum Gasteiger partial charge on any atom is -0.489 e. The molecule has 0 aliphatic heterocycles. The Bertz CT molecular complexity index is 1320. The number of hydrogen-bond donors (Lipinski definition) is 3. The Hall–Kier alpha value is -2.97. The van der Waals surface area contributed by atoms with E-state index in [-0.39, 0.29) is 23.3 Å². The highest BCUT2D eigenvalue weighted by Gasteiger charge is 2.40.